The van der Waals surface area contributed by atoms with E-state index in [0.717, 1.165) is 83.5 Å². The molecule has 0 spiro atoms. The van der Waals surface area contributed by atoms with Crippen LogP contribution in [0, 0.1) is 0 Å². The minimum Gasteiger partial charge on any atom is -0.394 e. The number of carbonyl (C=O) groups is 1. The summed E-state index contributed by atoms with van der Waals surface area (Å²) in [5, 5.41) is 86.6. The van der Waals surface area contributed by atoms with Crippen molar-refractivity contribution in [1.82, 2.24) is 5.32 Å². The van der Waals surface area contributed by atoms with E-state index in [-0.39, 0.29) is 12.5 Å². The Kier molecular flexibility index (Phi) is 44.0. The Morgan fingerprint density at radius 3 is 1.39 bits per heavy atom. The van der Waals surface area contributed by atoms with Crippen LogP contribution in [-0.4, -0.2) is 140 Å². The molecule has 2 aliphatic heterocycles. The molecule has 444 valence electrons. The van der Waals surface area contributed by atoms with Crippen LogP contribution in [0.2, 0.25) is 0 Å². The zero-order valence-corrected chi connectivity index (χ0v) is 47.7. The Hall–Kier alpha value is -2.05. The van der Waals surface area contributed by atoms with E-state index in [1.54, 1.807) is 0 Å². The van der Waals surface area contributed by atoms with E-state index in [2.05, 4.69) is 67.8 Å². The first-order valence-corrected chi connectivity index (χ1v) is 30.9. The van der Waals surface area contributed by atoms with Gasteiger partial charge < -0.3 is 65.1 Å². The second kappa shape index (κ2) is 47.7. The van der Waals surface area contributed by atoms with Gasteiger partial charge >= 0.3 is 0 Å². The first-order chi connectivity index (χ1) is 37.1. The maximum Gasteiger partial charge on any atom is 0.220 e. The summed E-state index contributed by atoms with van der Waals surface area (Å²) in [5.41, 5.74) is 0. The third kappa shape index (κ3) is 32.9. The number of allylic oxidation sites excluding steroid dienone is 8. The van der Waals surface area contributed by atoms with Gasteiger partial charge in [-0.3, -0.25) is 4.79 Å². The van der Waals surface area contributed by atoms with E-state index < -0.39 is 86.8 Å². The molecule has 0 aliphatic carbocycles. The number of hydrogen-bond acceptors (Lipinski definition) is 13. The summed E-state index contributed by atoms with van der Waals surface area (Å²) < 4.78 is 22.7. The van der Waals surface area contributed by atoms with E-state index in [0.29, 0.717) is 12.8 Å². The Labute approximate surface area is 461 Å². The summed E-state index contributed by atoms with van der Waals surface area (Å²) in [5.74, 6) is -0.211. The highest BCUT2D eigenvalue weighted by molar-refractivity contribution is 5.76. The lowest BCUT2D eigenvalue weighted by atomic mass is 9.97. The normalized spacial score (nSPS) is 25.2. The zero-order chi connectivity index (χ0) is 55.3. The average molecular weight is 1080 g/mol. The van der Waals surface area contributed by atoms with Crippen molar-refractivity contribution in [2.45, 2.75) is 319 Å². The molecule has 0 aromatic rings. The number of unbranched alkanes of at least 4 members (excludes halogenated alkanes) is 28. The van der Waals surface area contributed by atoms with E-state index >= 15 is 0 Å². The van der Waals surface area contributed by atoms with Crippen molar-refractivity contribution in [3.63, 3.8) is 0 Å². The number of amides is 1. The van der Waals surface area contributed by atoms with E-state index in [9.17, 15) is 45.6 Å². The van der Waals surface area contributed by atoms with Gasteiger partial charge in [0.15, 0.2) is 12.6 Å². The highest BCUT2D eigenvalue weighted by Crippen LogP contribution is 2.30. The zero-order valence-electron chi connectivity index (χ0n) is 47.7. The molecule has 2 heterocycles. The molecular formula is C62H113NO13. The van der Waals surface area contributed by atoms with Crippen LogP contribution in [-0.2, 0) is 23.7 Å². The molecule has 0 aromatic carbocycles. The topological polar surface area (TPSA) is 228 Å². The van der Waals surface area contributed by atoms with Gasteiger partial charge in [0.2, 0.25) is 5.91 Å². The Bertz CT molecular complexity index is 1460. The van der Waals surface area contributed by atoms with Gasteiger partial charge in [0.25, 0.3) is 0 Å². The lowest BCUT2D eigenvalue weighted by Gasteiger charge is -2.46. The molecule has 2 rings (SSSR count). The SMILES string of the molecule is CC/C=C\C/C=C\C/C=C\C/C=C\CCCCCCCCCCCCCCCCCCCCCCCCCCC(=O)NC(COC1OC(CO)C(OC2OC(CO)C(O)C(O)C2O)C(O)C1O)C(O)CCCCCCC. The van der Waals surface area contributed by atoms with Gasteiger partial charge in [-0.2, -0.15) is 0 Å². The fourth-order valence-electron chi connectivity index (χ4n) is 10.1. The maximum absolute atomic E-state index is 13.1. The molecule has 14 nitrogen and oxygen atoms in total. The molecule has 9 N–H and O–H groups in total. The highest BCUT2D eigenvalue weighted by atomic mass is 16.7. The van der Waals surface area contributed by atoms with Gasteiger partial charge in [-0.05, 0) is 51.4 Å². The molecule has 0 radical (unpaired) electrons. The van der Waals surface area contributed by atoms with Gasteiger partial charge in [0.1, 0.15) is 48.8 Å². The maximum atomic E-state index is 13.1. The molecule has 2 saturated heterocycles. The van der Waals surface area contributed by atoms with Crippen LogP contribution in [0.3, 0.4) is 0 Å². The first kappa shape index (κ1) is 70.1. The van der Waals surface area contributed by atoms with Crippen molar-refractivity contribution in [3.05, 3.63) is 48.6 Å². The predicted molar refractivity (Wildman–Crippen MR) is 304 cm³/mol. The van der Waals surface area contributed by atoms with Crippen LogP contribution < -0.4 is 5.32 Å². The Balaban J connectivity index is 1.48. The van der Waals surface area contributed by atoms with Crippen molar-refractivity contribution in [1.29, 1.82) is 0 Å². The van der Waals surface area contributed by atoms with Crippen molar-refractivity contribution in [2.75, 3.05) is 19.8 Å². The lowest BCUT2D eigenvalue weighted by molar-refractivity contribution is -0.359. The number of aliphatic hydroxyl groups excluding tert-OH is 8. The number of hydrogen-bond donors (Lipinski definition) is 9. The van der Waals surface area contributed by atoms with E-state index in [1.165, 1.54) is 135 Å². The van der Waals surface area contributed by atoms with Crippen molar-refractivity contribution in [2.24, 2.45) is 0 Å². The van der Waals surface area contributed by atoms with Gasteiger partial charge in [-0.1, -0.05) is 236 Å². The molecule has 2 fully saturated rings. The first-order valence-electron chi connectivity index (χ1n) is 30.9. The van der Waals surface area contributed by atoms with Crippen LogP contribution in [0.1, 0.15) is 245 Å². The summed E-state index contributed by atoms with van der Waals surface area (Å²) in [6.45, 7) is 2.65. The number of rotatable bonds is 49. The number of carbonyl (C=O) groups excluding carboxylic acids is 1. The van der Waals surface area contributed by atoms with Crippen molar-refractivity contribution < 1.29 is 64.6 Å². The van der Waals surface area contributed by atoms with Gasteiger partial charge in [-0.25, -0.2) is 0 Å². The van der Waals surface area contributed by atoms with Gasteiger partial charge in [-0.15, -0.1) is 0 Å². The second-order valence-electron chi connectivity index (χ2n) is 21.8. The molecule has 1 amide bonds. The largest absolute Gasteiger partial charge is 0.394 e. The van der Waals surface area contributed by atoms with E-state index in [4.69, 9.17) is 18.9 Å². The van der Waals surface area contributed by atoms with Crippen LogP contribution in [0.5, 0.6) is 0 Å². The fraction of sp³-hybridized carbons (Fsp3) is 0.855. The highest BCUT2D eigenvalue weighted by Gasteiger charge is 2.51. The number of aliphatic hydroxyl groups is 8. The van der Waals surface area contributed by atoms with Crippen LogP contribution >= 0.6 is 0 Å². The standard InChI is InChI=1S/C62H113NO13/c1-3-5-7-9-10-11-12-13-14-15-16-17-18-19-20-21-22-23-24-25-26-27-28-29-30-31-32-33-34-35-36-37-38-39-40-42-44-46-54(67)63-50(51(66)45-43-41-8-6-4-2)49-73-61-59(72)57(70)60(53(48-65)75-61)76-62-58(71)56(69)55(68)52(47-64)74-62/h5,7,10-11,13-14,16-17,50-53,55-62,64-66,68-72H,3-4,6,8-9,12,15,18-49H2,1-2H3,(H,63,67)/b7-5-,11-10-,14-13-,17-16-. The van der Waals surface area contributed by atoms with Gasteiger partial charge in [0, 0.05) is 6.42 Å². The molecule has 0 saturated carbocycles. The second-order valence-corrected chi connectivity index (χ2v) is 21.8. The Morgan fingerprint density at radius 2 is 0.908 bits per heavy atom. The quantitative estimate of drug-likeness (QED) is 0.0204. The summed E-state index contributed by atoms with van der Waals surface area (Å²) in [4.78, 5) is 13.1. The van der Waals surface area contributed by atoms with E-state index in [1.807, 2.05) is 0 Å². The smallest absolute Gasteiger partial charge is 0.220 e. The molecule has 0 aromatic heterocycles. The van der Waals surface area contributed by atoms with Crippen molar-refractivity contribution in [3.8, 4) is 0 Å². The summed E-state index contributed by atoms with van der Waals surface area (Å²) in [6.07, 6.45) is 43.7. The molecule has 2 aliphatic rings. The molecule has 0 bridgehead atoms. The summed E-state index contributed by atoms with van der Waals surface area (Å²) >= 11 is 0. The average Bonchev–Trinajstić information content (AvgIpc) is 3.42. The molecular weight excluding hydrogens is 967 g/mol. The number of ether oxygens (including phenoxy) is 4. The monoisotopic (exact) mass is 1080 g/mol. The molecule has 12 unspecified atom stereocenters. The summed E-state index contributed by atoms with van der Waals surface area (Å²) in [7, 11) is 0. The minimum absolute atomic E-state index is 0.211. The Morgan fingerprint density at radius 1 is 0.487 bits per heavy atom. The minimum atomic E-state index is -1.78. The molecule has 12 atom stereocenters. The van der Waals surface area contributed by atoms with Crippen LogP contribution in [0.15, 0.2) is 48.6 Å². The van der Waals surface area contributed by atoms with Crippen molar-refractivity contribution >= 4 is 5.91 Å². The third-order valence-corrected chi connectivity index (χ3v) is 15.1. The number of nitrogens with one attached hydrogen (secondary N) is 1. The molecule has 14 heteroatoms. The van der Waals surface area contributed by atoms with Crippen LogP contribution in [0.25, 0.3) is 0 Å². The van der Waals surface area contributed by atoms with Gasteiger partial charge in [0.05, 0.1) is 32.0 Å². The molecule has 76 heavy (non-hydrogen) atoms. The lowest BCUT2D eigenvalue weighted by Crippen LogP contribution is -2.65. The van der Waals surface area contributed by atoms with Crippen LogP contribution in [0.4, 0.5) is 0 Å². The summed E-state index contributed by atoms with van der Waals surface area (Å²) in [6, 6.07) is -0.823. The third-order valence-electron chi connectivity index (χ3n) is 15.1. The fourth-order valence-corrected chi connectivity index (χ4v) is 10.1. The predicted octanol–water partition coefficient (Wildman–Crippen LogP) is 10.8.